The Kier molecular flexibility index (Phi) is 3.69. The van der Waals surface area contributed by atoms with Crippen LogP contribution < -0.4 is 10.0 Å². The van der Waals surface area contributed by atoms with Crippen LogP contribution in [0.15, 0.2) is 24.3 Å². The molecule has 1 unspecified atom stereocenters. The highest BCUT2D eigenvalue weighted by Crippen LogP contribution is 2.29. The smallest absolute Gasteiger partial charge is 0.229 e. The number of anilines is 1. The standard InChI is InChI=1S/C12H18N2O2S/c1-17(15,16)14-12-8-3-2-6-10(12)11-7-4-5-9-13-11/h2-3,6,8,11,13-14H,4-5,7,9H2,1H3. The van der Waals surface area contributed by atoms with Gasteiger partial charge in [0, 0.05) is 6.04 Å². The lowest BCUT2D eigenvalue weighted by molar-refractivity contribution is 0.413. The molecule has 1 aliphatic rings. The van der Waals surface area contributed by atoms with Gasteiger partial charge in [0.2, 0.25) is 10.0 Å². The third-order valence-corrected chi connectivity index (χ3v) is 3.53. The van der Waals surface area contributed by atoms with Gasteiger partial charge in [-0.15, -0.1) is 0 Å². The van der Waals surface area contributed by atoms with Gasteiger partial charge in [-0.25, -0.2) is 8.42 Å². The van der Waals surface area contributed by atoms with Gasteiger partial charge in [0.05, 0.1) is 11.9 Å². The van der Waals surface area contributed by atoms with Crippen LogP contribution in [0.3, 0.4) is 0 Å². The molecule has 2 rings (SSSR count). The second-order valence-corrected chi connectivity index (χ2v) is 6.21. The molecule has 0 amide bonds. The summed E-state index contributed by atoms with van der Waals surface area (Å²) in [6.45, 7) is 0.998. The van der Waals surface area contributed by atoms with Gasteiger partial charge >= 0.3 is 0 Å². The number of hydrogen-bond acceptors (Lipinski definition) is 3. The largest absolute Gasteiger partial charge is 0.310 e. The van der Waals surface area contributed by atoms with Crippen molar-refractivity contribution in [1.29, 1.82) is 0 Å². The number of nitrogens with one attached hydrogen (secondary N) is 2. The predicted octanol–water partition coefficient (Wildman–Crippen LogP) is 1.87. The molecule has 17 heavy (non-hydrogen) atoms. The summed E-state index contributed by atoms with van der Waals surface area (Å²) in [5.74, 6) is 0. The minimum absolute atomic E-state index is 0.259. The Bertz CT molecular complexity index is 479. The number of piperidine rings is 1. The Morgan fingerprint density at radius 1 is 1.29 bits per heavy atom. The van der Waals surface area contributed by atoms with Crippen LogP contribution in [0.1, 0.15) is 30.9 Å². The average molecular weight is 254 g/mol. The molecule has 5 heteroatoms. The highest BCUT2D eigenvalue weighted by atomic mass is 32.2. The van der Waals surface area contributed by atoms with Gasteiger partial charge in [-0.1, -0.05) is 24.6 Å². The molecule has 0 saturated carbocycles. The van der Waals surface area contributed by atoms with Gasteiger partial charge in [0.15, 0.2) is 0 Å². The van der Waals surface area contributed by atoms with Gasteiger partial charge < -0.3 is 5.32 Å². The lowest BCUT2D eigenvalue weighted by atomic mass is 9.96. The molecule has 1 aromatic rings. The van der Waals surface area contributed by atoms with Crippen molar-refractivity contribution in [2.45, 2.75) is 25.3 Å². The Labute approximate surface area is 102 Å². The van der Waals surface area contributed by atoms with Crippen LogP contribution in [-0.2, 0) is 10.0 Å². The normalized spacial score (nSPS) is 21.1. The van der Waals surface area contributed by atoms with E-state index in [9.17, 15) is 8.42 Å². The molecule has 1 aliphatic heterocycles. The third kappa shape index (κ3) is 3.44. The van der Waals surface area contributed by atoms with Gasteiger partial charge in [0.1, 0.15) is 0 Å². The topological polar surface area (TPSA) is 58.2 Å². The fourth-order valence-electron chi connectivity index (χ4n) is 2.21. The zero-order valence-electron chi connectivity index (χ0n) is 9.94. The highest BCUT2D eigenvalue weighted by molar-refractivity contribution is 7.92. The second kappa shape index (κ2) is 5.06. The summed E-state index contributed by atoms with van der Waals surface area (Å²) < 4.78 is 25.2. The summed E-state index contributed by atoms with van der Waals surface area (Å²) in [5, 5.41) is 3.43. The molecule has 0 aromatic heterocycles. The molecule has 1 atom stereocenters. The molecule has 4 nitrogen and oxygen atoms in total. The minimum Gasteiger partial charge on any atom is -0.310 e. The van der Waals surface area contributed by atoms with E-state index in [4.69, 9.17) is 0 Å². The van der Waals surface area contributed by atoms with E-state index in [1.165, 1.54) is 19.1 Å². The lowest BCUT2D eigenvalue weighted by Gasteiger charge is -2.25. The maximum Gasteiger partial charge on any atom is 0.229 e. The first kappa shape index (κ1) is 12.4. The lowest BCUT2D eigenvalue weighted by Crippen LogP contribution is -2.27. The molecule has 1 aromatic carbocycles. The maximum absolute atomic E-state index is 11.3. The highest BCUT2D eigenvalue weighted by Gasteiger charge is 2.18. The van der Waals surface area contributed by atoms with Gasteiger partial charge in [-0.3, -0.25) is 4.72 Å². The number of benzene rings is 1. The van der Waals surface area contributed by atoms with Crippen molar-refractivity contribution in [1.82, 2.24) is 5.32 Å². The molecular formula is C12H18N2O2S. The number of hydrogen-bond donors (Lipinski definition) is 2. The first-order valence-corrected chi connectivity index (χ1v) is 7.75. The van der Waals surface area contributed by atoms with Crippen LogP contribution >= 0.6 is 0 Å². The number of rotatable bonds is 3. The summed E-state index contributed by atoms with van der Waals surface area (Å²) in [4.78, 5) is 0. The summed E-state index contributed by atoms with van der Waals surface area (Å²) in [5.41, 5.74) is 1.73. The van der Waals surface area contributed by atoms with E-state index in [1.54, 1.807) is 0 Å². The molecule has 0 bridgehead atoms. The Morgan fingerprint density at radius 2 is 2.06 bits per heavy atom. The molecular weight excluding hydrogens is 236 g/mol. The van der Waals surface area contributed by atoms with E-state index in [0.717, 1.165) is 18.5 Å². The fraction of sp³-hybridized carbons (Fsp3) is 0.500. The van der Waals surface area contributed by atoms with E-state index >= 15 is 0 Å². The van der Waals surface area contributed by atoms with Crippen molar-refractivity contribution in [2.24, 2.45) is 0 Å². The van der Waals surface area contributed by atoms with Gasteiger partial charge in [-0.2, -0.15) is 0 Å². The summed E-state index contributed by atoms with van der Waals surface area (Å²) >= 11 is 0. The fourth-order valence-corrected chi connectivity index (χ4v) is 2.80. The van der Waals surface area contributed by atoms with Crippen molar-refractivity contribution in [3.63, 3.8) is 0 Å². The maximum atomic E-state index is 11.3. The van der Waals surface area contributed by atoms with Crippen molar-refractivity contribution in [3.05, 3.63) is 29.8 Å². The molecule has 94 valence electrons. The molecule has 0 spiro atoms. The number of para-hydroxylation sites is 1. The Balaban J connectivity index is 2.26. The number of sulfonamides is 1. The van der Waals surface area contributed by atoms with Gasteiger partial charge in [-0.05, 0) is 31.0 Å². The zero-order chi connectivity index (χ0) is 12.3. The van der Waals surface area contributed by atoms with Crippen molar-refractivity contribution in [3.8, 4) is 0 Å². The molecule has 1 heterocycles. The quantitative estimate of drug-likeness (QED) is 0.865. The summed E-state index contributed by atoms with van der Waals surface area (Å²) in [6.07, 6.45) is 4.61. The van der Waals surface area contributed by atoms with Crippen LogP contribution in [0.4, 0.5) is 5.69 Å². The molecule has 1 saturated heterocycles. The third-order valence-electron chi connectivity index (χ3n) is 2.94. The summed E-state index contributed by atoms with van der Waals surface area (Å²) in [7, 11) is -3.22. The van der Waals surface area contributed by atoms with Crippen molar-refractivity contribution >= 4 is 15.7 Å². The van der Waals surface area contributed by atoms with E-state index in [0.29, 0.717) is 5.69 Å². The van der Waals surface area contributed by atoms with Gasteiger partial charge in [0.25, 0.3) is 0 Å². The first-order chi connectivity index (χ1) is 8.06. The SMILES string of the molecule is CS(=O)(=O)Nc1ccccc1C1CCCCN1. The van der Waals surface area contributed by atoms with Crippen molar-refractivity contribution in [2.75, 3.05) is 17.5 Å². The average Bonchev–Trinajstić information content (AvgIpc) is 2.29. The minimum atomic E-state index is -3.22. The van der Waals surface area contributed by atoms with Crippen molar-refractivity contribution < 1.29 is 8.42 Å². The van der Waals surface area contributed by atoms with Crippen LogP contribution in [-0.4, -0.2) is 21.2 Å². The zero-order valence-corrected chi connectivity index (χ0v) is 10.8. The van der Waals surface area contributed by atoms with E-state index in [2.05, 4.69) is 10.0 Å². The van der Waals surface area contributed by atoms with Crippen LogP contribution in [0.5, 0.6) is 0 Å². The second-order valence-electron chi connectivity index (χ2n) is 4.46. The van der Waals surface area contributed by atoms with E-state index in [-0.39, 0.29) is 6.04 Å². The summed E-state index contributed by atoms with van der Waals surface area (Å²) in [6, 6.07) is 7.84. The molecule has 0 aliphatic carbocycles. The van der Waals surface area contributed by atoms with E-state index in [1.807, 2.05) is 24.3 Å². The van der Waals surface area contributed by atoms with Crippen LogP contribution in [0, 0.1) is 0 Å². The predicted molar refractivity (Wildman–Crippen MR) is 69.5 cm³/mol. The first-order valence-electron chi connectivity index (χ1n) is 5.86. The Morgan fingerprint density at radius 3 is 2.71 bits per heavy atom. The molecule has 2 N–H and O–H groups in total. The molecule has 1 fully saturated rings. The monoisotopic (exact) mass is 254 g/mol. The molecule has 0 radical (unpaired) electrons. The van der Waals surface area contributed by atoms with E-state index < -0.39 is 10.0 Å². The van der Waals surface area contributed by atoms with Crippen LogP contribution in [0.25, 0.3) is 0 Å². The Hall–Kier alpha value is -1.07. The van der Waals surface area contributed by atoms with Crippen LogP contribution in [0.2, 0.25) is 0 Å².